The van der Waals surface area contributed by atoms with Crippen LogP contribution in [0.25, 0.3) is 0 Å². The minimum atomic E-state index is -0.249. The smallest absolute Gasteiger partial charge is 0.251 e. The molecule has 116 valence electrons. The van der Waals surface area contributed by atoms with Crippen molar-refractivity contribution in [2.45, 2.75) is 32.8 Å². The van der Waals surface area contributed by atoms with E-state index < -0.39 is 0 Å². The summed E-state index contributed by atoms with van der Waals surface area (Å²) in [5.41, 5.74) is 3.01. The molecule has 0 aliphatic rings. The molecule has 0 aliphatic heterocycles. The van der Waals surface area contributed by atoms with Crippen LogP contribution in [0.4, 0.5) is 0 Å². The summed E-state index contributed by atoms with van der Waals surface area (Å²) in [5.74, 6) is -0.140. The van der Waals surface area contributed by atoms with Crippen molar-refractivity contribution in [3.05, 3.63) is 65.0 Å². The Morgan fingerprint density at radius 2 is 2.05 bits per heavy atom. The number of hydrogen-bond donors (Lipinski definition) is 2. The van der Waals surface area contributed by atoms with Crippen LogP contribution in [0.1, 0.15) is 41.0 Å². The van der Waals surface area contributed by atoms with E-state index in [1.165, 1.54) is 0 Å². The normalized spacial score (nSPS) is 11.3. The van der Waals surface area contributed by atoms with Crippen molar-refractivity contribution in [3.8, 4) is 0 Å². The highest BCUT2D eigenvalue weighted by molar-refractivity contribution is 5.94. The second kappa shape index (κ2) is 6.71. The largest absolute Gasteiger partial charge is 0.392 e. The van der Waals surface area contributed by atoms with Crippen molar-refractivity contribution in [1.29, 1.82) is 0 Å². The molecule has 2 rings (SSSR count). The Balaban J connectivity index is 2.07. The third kappa shape index (κ3) is 3.71. The monoisotopic (exact) mass is 298 g/mol. The molecule has 0 aliphatic carbocycles. The van der Waals surface area contributed by atoms with E-state index >= 15 is 0 Å². The van der Waals surface area contributed by atoms with Crippen LogP contribution in [-0.2, 0) is 12.0 Å². The molecule has 0 atom stereocenters. The molecule has 4 heteroatoms. The molecular formula is C18H22N2O2. The van der Waals surface area contributed by atoms with E-state index in [4.69, 9.17) is 0 Å². The number of rotatable bonds is 5. The number of aryl methyl sites for hydroxylation is 1. The number of carbonyl (C=O) groups excluding carboxylic acids is 1. The van der Waals surface area contributed by atoms with E-state index in [1.54, 1.807) is 18.3 Å². The van der Waals surface area contributed by atoms with Crippen LogP contribution in [-0.4, -0.2) is 22.5 Å². The Kier molecular flexibility index (Phi) is 4.93. The van der Waals surface area contributed by atoms with Crippen molar-refractivity contribution in [2.24, 2.45) is 0 Å². The molecule has 2 N–H and O–H groups in total. The van der Waals surface area contributed by atoms with E-state index in [2.05, 4.69) is 10.3 Å². The third-order valence-electron chi connectivity index (χ3n) is 3.83. The standard InChI is InChI=1S/C18H22N2O2/c1-13-7-8-14(10-15(13)11-21)17(22)20-12-18(2,3)16-6-4-5-9-19-16/h4-10,21H,11-12H2,1-3H3,(H,20,22). The maximum absolute atomic E-state index is 12.3. The summed E-state index contributed by atoms with van der Waals surface area (Å²) in [6, 6.07) is 11.1. The fourth-order valence-electron chi connectivity index (χ4n) is 2.24. The molecule has 22 heavy (non-hydrogen) atoms. The summed E-state index contributed by atoms with van der Waals surface area (Å²) in [4.78, 5) is 16.6. The highest BCUT2D eigenvalue weighted by atomic mass is 16.3. The average molecular weight is 298 g/mol. The highest BCUT2D eigenvalue weighted by Crippen LogP contribution is 2.20. The molecular weight excluding hydrogens is 276 g/mol. The quantitative estimate of drug-likeness (QED) is 0.892. The Morgan fingerprint density at radius 3 is 2.68 bits per heavy atom. The first kappa shape index (κ1) is 16.2. The van der Waals surface area contributed by atoms with Gasteiger partial charge in [-0.05, 0) is 42.3 Å². The zero-order valence-electron chi connectivity index (χ0n) is 13.3. The second-order valence-corrected chi connectivity index (χ2v) is 6.08. The van der Waals surface area contributed by atoms with Gasteiger partial charge < -0.3 is 10.4 Å². The third-order valence-corrected chi connectivity index (χ3v) is 3.83. The average Bonchev–Trinajstić information content (AvgIpc) is 2.54. The predicted octanol–water partition coefficient (Wildman–Crippen LogP) is 2.59. The molecule has 2 aromatic rings. The Labute approximate surface area is 131 Å². The number of benzene rings is 1. The molecule has 0 unspecified atom stereocenters. The van der Waals surface area contributed by atoms with Crippen LogP contribution in [0.3, 0.4) is 0 Å². The maximum atomic E-state index is 12.3. The molecule has 0 spiro atoms. The lowest BCUT2D eigenvalue weighted by Crippen LogP contribution is -2.37. The number of aromatic nitrogens is 1. The minimum absolute atomic E-state index is 0.0631. The van der Waals surface area contributed by atoms with Crippen molar-refractivity contribution in [3.63, 3.8) is 0 Å². The fraction of sp³-hybridized carbons (Fsp3) is 0.333. The van der Waals surface area contributed by atoms with Gasteiger partial charge in [0.05, 0.1) is 6.61 Å². The lowest BCUT2D eigenvalue weighted by Gasteiger charge is -2.24. The molecule has 0 saturated heterocycles. The van der Waals surface area contributed by atoms with Gasteiger partial charge in [-0.25, -0.2) is 0 Å². The van der Waals surface area contributed by atoms with Crippen LogP contribution in [0.5, 0.6) is 0 Å². The molecule has 0 saturated carbocycles. The zero-order chi connectivity index (χ0) is 16.2. The first-order valence-corrected chi connectivity index (χ1v) is 7.34. The van der Waals surface area contributed by atoms with E-state index in [-0.39, 0.29) is 17.9 Å². The molecule has 1 aromatic heterocycles. The number of amides is 1. The van der Waals surface area contributed by atoms with Crippen molar-refractivity contribution in [1.82, 2.24) is 10.3 Å². The summed E-state index contributed by atoms with van der Waals surface area (Å²) in [5, 5.41) is 12.2. The lowest BCUT2D eigenvalue weighted by atomic mass is 9.88. The summed E-state index contributed by atoms with van der Waals surface area (Å²) in [6.07, 6.45) is 1.76. The van der Waals surface area contributed by atoms with E-state index in [1.807, 2.05) is 45.0 Å². The fourth-order valence-corrected chi connectivity index (χ4v) is 2.24. The first-order chi connectivity index (χ1) is 10.4. The van der Waals surface area contributed by atoms with Crippen LogP contribution < -0.4 is 5.32 Å². The number of nitrogens with zero attached hydrogens (tertiary/aromatic N) is 1. The van der Waals surface area contributed by atoms with Crippen LogP contribution in [0.2, 0.25) is 0 Å². The minimum Gasteiger partial charge on any atom is -0.392 e. The molecule has 0 bridgehead atoms. The molecule has 0 fully saturated rings. The summed E-state index contributed by atoms with van der Waals surface area (Å²) < 4.78 is 0. The van der Waals surface area contributed by atoms with E-state index in [0.717, 1.165) is 16.8 Å². The van der Waals surface area contributed by atoms with Gasteiger partial charge in [-0.1, -0.05) is 26.0 Å². The van der Waals surface area contributed by atoms with Gasteiger partial charge in [-0.3, -0.25) is 9.78 Å². The van der Waals surface area contributed by atoms with Gasteiger partial charge in [0.2, 0.25) is 0 Å². The number of pyridine rings is 1. The van der Waals surface area contributed by atoms with Gasteiger partial charge in [0.25, 0.3) is 5.91 Å². The van der Waals surface area contributed by atoms with Gasteiger partial charge in [0.15, 0.2) is 0 Å². The number of aliphatic hydroxyl groups excluding tert-OH is 1. The number of hydrogen-bond acceptors (Lipinski definition) is 3. The summed E-state index contributed by atoms with van der Waals surface area (Å²) in [6.45, 7) is 6.43. The predicted molar refractivity (Wildman–Crippen MR) is 86.7 cm³/mol. The van der Waals surface area contributed by atoms with Crippen molar-refractivity contribution in [2.75, 3.05) is 6.54 Å². The molecule has 4 nitrogen and oxygen atoms in total. The van der Waals surface area contributed by atoms with Crippen LogP contribution >= 0.6 is 0 Å². The van der Waals surface area contributed by atoms with Crippen molar-refractivity contribution >= 4 is 5.91 Å². The molecule has 1 aromatic carbocycles. The maximum Gasteiger partial charge on any atom is 0.251 e. The Bertz CT molecular complexity index is 651. The lowest BCUT2D eigenvalue weighted by molar-refractivity contribution is 0.0945. The highest BCUT2D eigenvalue weighted by Gasteiger charge is 2.23. The number of nitrogens with one attached hydrogen (secondary N) is 1. The molecule has 1 amide bonds. The van der Waals surface area contributed by atoms with Gasteiger partial charge >= 0.3 is 0 Å². The molecule has 0 radical (unpaired) electrons. The first-order valence-electron chi connectivity index (χ1n) is 7.34. The second-order valence-electron chi connectivity index (χ2n) is 6.08. The number of carbonyl (C=O) groups is 1. The summed E-state index contributed by atoms with van der Waals surface area (Å²) in [7, 11) is 0. The van der Waals surface area contributed by atoms with Crippen LogP contribution in [0.15, 0.2) is 42.6 Å². The van der Waals surface area contributed by atoms with E-state index in [0.29, 0.717) is 12.1 Å². The van der Waals surface area contributed by atoms with E-state index in [9.17, 15) is 9.90 Å². The Hall–Kier alpha value is -2.20. The van der Waals surface area contributed by atoms with Gasteiger partial charge in [0.1, 0.15) is 0 Å². The van der Waals surface area contributed by atoms with Crippen molar-refractivity contribution < 1.29 is 9.90 Å². The van der Waals surface area contributed by atoms with Crippen LogP contribution in [0, 0.1) is 6.92 Å². The summed E-state index contributed by atoms with van der Waals surface area (Å²) >= 11 is 0. The van der Waals surface area contributed by atoms with Gasteiger partial charge in [-0.2, -0.15) is 0 Å². The molecule has 1 heterocycles. The van der Waals surface area contributed by atoms with Gasteiger partial charge in [0, 0.05) is 29.4 Å². The Morgan fingerprint density at radius 1 is 1.27 bits per heavy atom. The topological polar surface area (TPSA) is 62.2 Å². The SMILES string of the molecule is Cc1ccc(C(=O)NCC(C)(C)c2ccccn2)cc1CO. The number of aliphatic hydroxyl groups is 1. The van der Waals surface area contributed by atoms with Gasteiger partial charge in [-0.15, -0.1) is 0 Å². The zero-order valence-corrected chi connectivity index (χ0v) is 13.3.